The molecule has 0 saturated carbocycles. The van der Waals surface area contributed by atoms with Crippen LogP contribution in [-0.4, -0.2) is 62.1 Å². The molecule has 156 valence electrons. The van der Waals surface area contributed by atoms with Crippen LogP contribution in [0.1, 0.15) is 52.7 Å². The number of aromatic nitrogens is 3. The lowest BCUT2D eigenvalue weighted by atomic mass is 9.88. The number of hydrogen-bond acceptors (Lipinski definition) is 7. The highest BCUT2D eigenvalue weighted by molar-refractivity contribution is 6.39. The molecule has 2 aromatic rings. The second kappa shape index (κ2) is 8.05. The van der Waals surface area contributed by atoms with Crippen molar-refractivity contribution in [2.24, 2.45) is 5.16 Å². The molecular formula is C20H22N6O4. The Morgan fingerprint density at radius 1 is 1.37 bits per heavy atom. The second-order valence-corrected chi connectivity index (χ2v) is 7.59. The van der Waals surface area contributed by atoms with Crippen LogP contribution in [0.15, 0.2) is 35.7 Å². The molecule has 0 aliphatic carbocycles. The van der Waals surface area contributed by atoms with E-state index in [0.29, 0.717) is 38.2 Å². The zero-order valence-corrected chi connectivity index (χ0v) is 16.6. The number of nitrogens with zero attached hydrogens (tertiary/aromatic N) is 4. The maximum atomic E-state index is 12.8. The first-order valence-corrected chi connectivity index (χ1v) is 9.74. The van der Waals surface area contributed by atoms with Gasteiger partial charge in [0, 0.05) is 38.8 Å². The van der Waals surface area contributed by atoms with E-state index < -0.39 is 5.60 Å². The molecular weight excluding hydrogens is 388 g/mol. The van der Waals surface area contributed by atoms with Gasteiger partial charge in [-0.1, -0.05) is 11.2 Å². The Balaban J connectivity index is 1.36. The summed E-state index contributed by atoms with van der Waals surface area (Å²) in [6, 6.07) is 5.13. The van der Waals surface area contributed by atoms with Crippen molar-refractivity contribution in [1.29, 1.82) is 0 Å². The lowest BCUT2D eigenvalue weighted by molar-refractivity contribution is -0.115. The van der Waals surface area contributed by atoms with Crippen molar-refractivity contribution < 1.29 is 19.2 Å². The highest BCUT2D eigenvalue weighted by Gasteiger charge is 2.45. The zero-order chi connectivity index (χ0) is 21.1. The topological polar surface area (TPSA) is 130 Å². The zero-order valence-electron chi connectivity index (χ0n) is 16.6. The maximum absolute atomic E-state index is 12.8. The lowest BCUT2D eigenvalue weighted by Gasteiger charge is -2.37. The molecule has 0 aromatic carbocycles. The number of hydrogen-bond donors (Lipinski definition) is 2. The Labute approximate surface area is 172 Å². The van der Waals surface area contributed by atoms with Gasteiger partial charge < -0.3 is 15.1 Å². The van der Waals surface area contributed by atoms with Crippen molar-refractivity contribution in [2.75, 3.05) is 13.1 Å². The number of H-pyrrole nitrogens is 1. The number of amides is 2. The van der Waals surface area contributed by atoms with Crippen LogP contribution < -0.4 is 5.32 Å². The summed E-state index contributed by atoms with van der Waals surface area (Å²) in [5.41, 5.74) is 0.967. The number of pyridine rings is 1. The van der Waals surface area contributed by atoms with Crippen LogP contribution in [0, 0.1) is 0 Å². The highest BCUT2D eigenvalue weighted by Crippen LogP contribution is 2.34. The molecule has 10 heteroatoms. The molecule has 10 nitrogen and oxygen atoms in total. The number of piperidine rings is 1. The van der Waals surface area contributed by atoms with Crippen molar-refractivity contribution >= 4 is 23.3 Å². The predicted octanol–water partition coefficient (Wildman–Crippen LogP) is 1.07. The number of aromatic amines is 1. The first kappa shape index (κ1) is 19.7. The molecule has 1 fully saturated rings. The van der Waals surface area contributed by atoms with Crippen molar-refractivity contribution in [3.05, 3.63) is 47.5 Å². The molecule has 1 atom stereocenters. The summed E-state index contributed by atoms with van der Waals surface area (Å²) in [5.74, 6) is -0.763. The Kier molecular flexibility index (Phi) is 5.30. The monoisotopic (exact) mass is 410 g/mol. The van der Waals surface area contributed by atoms with Gasteiger partial charge in [-0.15, -0.1) is 0 Å². The van der Waals surface area contributed by atoms with Gasteiger partial charge in [0.25, 0.3) is 11.8 Å². The summed E-state index contributed by atoms with van der Waals surface area (Å²) in [7, 11) is 0. The number of Topliss-reactive ketones (excluding diaryl/α,β-unsaturated/α-hetero) is 1. The van der Waals surface area contributed by atoms with Crippen LogP contribution in [0.3, 0.4) is 0 Å². The fraction of sp³-hybridized carbons (Fsp3) is 0.400. The summed E-state index contributed by atoms with van der Waals surface area (Å²) >= 11 is 0. The fourth-order valence-corrected chi connectivity index (χ4v) is 3.70. The van der Waals surface area contributed by atoms with E-state index >= 15 is 0 Å². The highest BCUT2D eigenvalue weighted by atomic mass is 16.7. The van der Waals surface area contributed by atoms with Crippen molar-refractivity contribution in [1.82, 2.24) is 25.4 Å². The average molecular weight is 410 g/mol. The minimum absolute atomic E-state index is 0.213. The van der Waals surface area contributed by atoms with Crippen LogP contribution in [0.25, 0.3) is 0 Å². The molecule has 0 radical (unpaired) electrons. The van der Waals surface area contributed by atoms with Crippen LogP contribution in [-0.2, 0) is 16.2 Å². The number of likely N-dealkylation sites (tertiary alicyclic amines) is 1. The molecule has 4 rings (SSSR count). The van der Waals surface area contributed by atoms with E-state index in [1.807, 2.05) is 6.07 Å². The summed E-state index contributed by atoms with van der Waals surface area (Å²) < 4.78 is 0. The van der Waals surface area contributed by atoms with Gasteiger partial charge in [0.05, 0.1) is 6.54 Å². The molecule has 2 aliphatic rings. The number of carbonyl (C=O) groups excluding carboxylic acids is 3. The molecule has 4 heterocycles. The number of oxime groups is 1. The molecule has 2 amide bonds. The third kappa shape index (κ3) is 4.07. The SMILES string of the molecule is CC(=O)c1cc(C(=O)N2CCCC3(CC(C(=O)NCc4cccnc4)=NO3)C2)[nH]n1. The van der Waals surface area contributed by atoms with E-state index in [1.54, 1.807) is 23.4 Å². The Morgan fingerprint density at radius 2 is 2.23 bits per heavy atom. The van der Waals surface area contributed by atoms with Gasteiger partial charge in [-0.3, -0.25) is 24.5 Å². The molecule has 0 bridgehead atoms. The van der Waals surface area contributed by atoms with E-state index in [1.165, 1.54) is 13.0 Å². The first-order chi connectivity index (χ1) is 14.5. The van der Waals surface area contributed by atoms with Gasteiger partial charge in [-0.05, 0) is 30.5 Å². The maximum Gasteiger partial charge on any atom is 0.272 e. The smallest absolute Gasteiger partial charge is 0.272 e. The van der Waals surface area contributed by atoms with E-state index in [2.05, 4.69) is 25.7 Å². The van der Waals surface area contributed by atoms with E-state index in [0.717, 1.165) is 12.0 Å². The molecule has 2 aromatic heterocycles. The third-order valence-corrected chi connectivity index (χ3v) is 5.27. The molecule has 1 spiro atoms. The number of rotatable bonds is 5. The quantitative estimate of drug-likeness (QED) is 0.710. The minimum atomic E-state index is -0.710. The van der Waals surface area contributed by atoms with Crippen LogP contribution in [0.2, 0.25) is 0 Å². The van der Waals surface area contributed by atoms with Gasteiger partial charge in [0.2, 0.25) is 0 Å². The van der Waals surface area contributed by atoms with Crippen molar-refractivity contribution in [3.63, 3.8) is 0 Å². The second-order valence-electron chi connectivity index (χ2n) is 7.59. The standard InChI is InChI=1S/C20H22N6O4/c1-13(27)15-8-16(24-23-15)19(29)26-7-3-5-20(12-26)9-17(25-30-20)18(28)22-11-14-4-2-6-21-10-14/h2,4,6,8,10H,3,5,7,9,11-12H2,1H3,(H,22,28)(H,23,24). The average Bonchev–Trinajstić information content (AvgIpc) is 3.40. The van der Waals surface area contributed by atoms with Crippen molar-refractivity contribution in [2.45, 2.75) is 38.3 Å². The lowest BCUT2D eigenvalue weighted by Crippen LogP contribution is -2.51. The molecule has 1 unspecified atom stereocenters. The fourth-order valence-electron chi connectivity index (χ4n) is 3.70. The Morgan fingerprint density at radius 3 is 2.97 bits per heavy atom. The van der Waals surface area contributed by atoms with E-state index in [4.69, 9.17) is 4.84 Å². The summed E-state index contributed by atoms with van der Waals surface area (Å²) in [5, 5.41) is 13.3. The summed E-state index contributed by atoms with van der Waals surface area (Å²) in [6.45, 7) is 2.61. The van der Waals surface area contributed by atoms with Gasteiger partial charge in [-0.2, -0.15) is 5.10 Å². The van der Waals surface area contributed by atoms with Crippen molar-refractivity contribution in [3.8, 4) is 0 Å². The van der Waals surface area contributed by atoms with Gasteiger partial charge in [0.1, 0.15) is 17.1 Å². The Bertz CT molecular complexity index is 1000. The Hall–Kier alpha value is -3.56. The normalized spacial score (nSPS) is 20.6. The minimum Gasteiger partial charge on any atom is -0.386 e. The molecule has 2 aliphatic heterocycles. The van der Waals surface area contributed by atoms with E-state index in [9.17, 15) is 14.4 Å². The molecule has 2 N–H and O–H groups in total. The molecule has 30 heavy (non-hydrogen) atoms. The van der Waals surface area contributed by atoms with Crippen LogP contribution in [0.4, 0.5) is 0 Å². The summed E-state index contributed by atoms with van der Waals surface area (Å²) in [6.07, 6.45) is 5.11. The van der Waals surface area contributed by atoms with Gasteiger partial charge >= 0.3 is 0 Å². The van der Waals surface area contributed by atoms with Gasteiger partial charge in [-0.25, -0.2) is 0 Å². The summed E-state index contributed by atoms with van der Waals surface area (Å²) in [4.78, 5) is 48.1. The van der Waals surface area contributed by atoms with Gasteiger partial charge in [0.15, 0.2) is 11.4 Å². The van der Waals surface area contributed by atoms with Crippen LogP contribution >= 0.6 is 0 Å². The predicted molar refractivity (Wildman–Crippen MR) is 106 cm³/mol. The number of ketones is 1. The first-order valence-electron chi connectivity index (χ1n) is 9.74. The van der Waals surface area contributed by atoms with Crippen LogP contribution in [0.5, 0.6) is 0 Å². The number of nitrogens with one attached hydrogen (secondary N) is 2. The molecule has 1 saturated heterocycles. The number of carbonyl (C=O) groups is 3. The largest absolute Gasteiger partial charge is 0.386 e. The van der Waals surface area contributed by atoms with E-state index in [-0.39, 0.29) is 29.0 Å². The third-order valence-electron chi connectivity index (χ3n) is 5.27.